The van der Waals surface area contributed by atoms with Crippen molar-refractivity contribution in [1.82, 2.24) is 39.0 Å². The lowest BCUT2D eigenvalue weighted by Gasteiger charge is -2.32. The minimum Gasteiger partial charge on any atom is -0.386 e. The van der Waals surface area contributed by atoms with Crippen LogP contribution in [-0.4, -0.2) is 98.4 Å². The molecule has 3 fully saturated rings. The number of aliphatic hydroxyl groups is 1. The lowest BCUT2D eigenvalue weighted by Crippen LogP contribution is -2.41. The van der Waals surface area contributed by atoms with Gasteiger partial charge in [-0.3, -0.25) is 32.5 Å². The average Bonchev–Trinajstić information content (AvgIpc) is 3.73. The number of nitrogens with one attached hydrogen (secondary N) is 1. The molecule has 248 valence electrons. The third-order valence-electron chi connectivity index (χ3n) is 7.58. The predicted molar refractivity (Wildman–Crippen MR) is 160 cm³/mol. The lowest BCUT2D eigenvalue weighted by molar-refractivity contribution is -0.0779. The molecule has 0 amide bonds. The number of nitrogens with zero attached hydrogens (tertiary/aromatic N) is 7. The van der Waals surface area contributed by atoms with E-state index in [1.54, 1.807) is 0 Å². The zero-order valence-electron chi connectivity index (χ0n) is 23.2. The molecule has 7 N–H and O–H groups in total. The van der Waals surface area contributed by atoms with Crippen molar-refractivity contribution in [3.63, 3.8) is 0 Å². The van der Waals surface area contributed by atoms with E-state index < -0.39 is 80.9 Å². The van der Waals surface area contributed by atoms with Gasteiger partial charge >= 0.3 is 13.5 Å². The van der Waals surface area contributed by atoms with E-state index >= 15 is 4.39 Å². The number of H-pyrrole nitrogens is 1. The minimum atomic E-state index is -4.44. The first kappa shape index (κ1) is 31.9. The molecule has 25 heteroatoms. The molecule has 3 saturated heterocycles. The van der Waals surface area contributed by atoms with Crippen LogP contribution in [0.15, 0.2) is 23.8 Å². The predicted octanol–water partition coefficient (Wildman–Crippen LogP) is 0.0781. The molecule has 46 heavy (non-hydrogen) atoms. The molecule has 0 aliphatic carbocycles. The summed E-state index contributed by atoms with van der Waals surface area (Å²) < 4.78 is 66.5. The van der Waals surface area contributed by atoms with Crippen molar-refractivity contribution >= 4 is 71.7 Å². The van der Waals surface area contributed by atoms with Gasteiger partial charge in [-0.1, -0.05) is 12.2 Å². The van der Waals surface area contributed by atoms with Crippen molar-refractivity contribution in [3.05, 3.63) is 29.3 Å². The highest BCUT2D eigenvalue weighted by Gasteiger charge is 2.55. The lowest BCUT2D eigenvalue weighted by atomic mass is 10.1. The van der Waals surface area contributed by atoms with E-state index in [1.807, 2.05) is 0 Å². The van der Waals surface area contributed by atoms with Crippen LogP contribution in [0.1, 0.15) is 19.4 Å². The number of aromatic nitrogens is 8. The number of fused-ring (bicyclic) bond motifs is 4. The Balaban J connectivity index is 1.20. The van der Waals surface area contributed by atoms with Crippen LogP contribution in [0.5, 0.6) is 0 Å². The average molecular weight is 723 g/mol. The van der Waals surface area contributed by atoms with Gasteiger partial charge in [0.1, 0.15) is 42.4 Å². The van der Waals surface area contributed by atoms with Crippen molar-refractivity contribution in [2.24, 2.45) is 0 Å². The highest BCUT2D eigenvalue weighted by molar-refractivity contribution is 8.44. The van der Waals surface area contributed by atoms with Crippen LogP contribution in [0.2, 0.25) is 0 Å². The molecule has 0 aromatic carbocycles. The number of rotatable bonds is 2. The molecule has 0 spiro atoms. The monoisotopic (exact) mass is 722 g/mol. The molecule has 0 radical (unpaired) electrons. The third kappa shape index (κ3) is 5.53. The van der Waals surface area contributed by atoms with Gasteiger partial charge in [-0.05, 0) is 18.7 Å². The molecule has 7 heterocycles. The van der Waals surface area contributed by atoms with Crippen LogP contribution in [0.3, 0.4) is 0 Å². The van der Waals surface area contributed by atoms with Gasteiger partial charge < -0.3 is 35.5 Å². The Bertz CT molecular complexity index is 1980. The van der Waals surface area contributed by atoms with Crippen molar-refractivity contribution in [2.45, 2.75) is 62.2 Å². The topological polar surface area (TPSA) is 272 Å². The maximum absolute atomic E-state index is 16.1. The Labute approximate surface area is 266 Å². The van der Waals surface area contributed by atoms with Gasteiger partial charge in [0.2, 0.25) is 5.95 Å². The molecule has 3 aliphatic rings. The summed E-state index contributed by atoms with van der Waals surface area (Å²) >= 11 is 9.30. The molecule has 3 aliphatic heterocycles. The van der Waals surface area contributed by atoms with Gasteiger partial charge in [-0.2, -0.15) is 4.98 Å². The van der Waals surface area contributed by atoms with Gasteiger partial charge in [-0.25, -0.2) is 28.9 Å². The Morgan fingerprint density at radius 1 is 1.04 bits per heavy atom. The molecular formula is C21H25FN10O10P2S2. The fourth-order valence-corrected chi connectivity index (χ4v) is 8.92. The number of hydrogen-bond acceptors (Lipinski definition) is 17. The van der Waals surface area contributed by atoms with Crippen LogP contribution in [0.4, 0.5) is 16.2 Å². The summed E-state index contributed by atoms with van der Waals surface area (Å²) in [5.41, 5.74) is 11.1. The summed E-state index contributed by atoms with van der Waals surface area (Å²) in [6.07, 6.45) is -9.85. The number of alkyl halides is 1. The second-order valence-corrected chi connectivity index (χ2v) is 16.2. The van der Waals surface area contributed by atoms with Crippen molar-refractivity contribution < 1.29 is 46.5 Å². The number of thiol groups is 1. The maximum Gasteiger partial charge on any atom is 0.386 e. The summed E-state index contributed by atoms with van der Waals surface area (Å²) in [6, 6.07) is 0. The molecule has 4 aromatic rings. The van der Waals surface area contributed by atoms with E-state index in [4.69, 9.17) is 50.8 Å². The zero-order chi connectivity index (χ0) is 32.7. The van der Waals surface area contributed by atoms with Crippen LogP contribution in [0, 0.1) is 0 Å². The first-order valence-electron chi connectivity index (χ1n) is 13.4. The number of hydrogen-bond donors (Lipinski definition) is 6. The number of anilines is 2. The molecule has 0 saturated carbocycles. The van der Waals surface area contributed by atoms with Crippen molar-refractivity contribution in [3.8, 4) is 0 Å². The number of aliphatic hydroxyl groups excluding tert-OH is 1. The second-order valence-electron chi connectivity index (χ2n) is 10.5. The molecule has 0 bridgehead atoms. The second kappa shape index (κ2) is 11.5. The molecule has 11 atom stereocenters. The minimum absolute atomic E-state index is 0.0348. The van der Waals surface area contributed by atoms with E-state index in [1.165, 1.54) is 28.7 Å². The molecule has 4 aromatic heterocycles. The van der Waals surface area contributed by atoms with Crippen LogP contribution in [-0.2, 0) is 43.9 Å². The number of nitrogens with two attached hydrogens (primary N) is 2. The highest BCUT2D eigenvalue weighted by Crippen LogP contribution is 2.59. The van der Waals surface area contributed by atoms with Crippen molar-refractivity contribution in [1.29, 1.82) is 0 Å². The molecule has 3 unspecified atom stereocenters. The number of ether oxygens (including phenoxy) is 2. The quantitative estimate of drug-likeness (QED) is 0.118. The Morgan fingerprint density at radius 2 is 1.76 bits per heavy atom. The van der Waals surface area contributed by atoms with Crippen LogP contribution in [0.25, 0.3) is 22.3 Å². The summed E-state index contributed by atoms with van der Waals surface area (Å²) in [4.78, 5) is 45.8. The largest absolute Gasteiger partial charge is 0.386 e. The summed E-state index contributed by atoms with van der Waals surface area (Å²) in [5.74, 6) is -0.172. The normalized spacial score (nSPS) is 38.8. The van der Waals surface area contributed by atoms with Gasteiger partial charge in [0, 0.05) is 0 Å². The first-order chi connectivity index (χ1) is 21.7. The smallest absolute Gasteiger partial charge is 0.386 e. The van der Waals surface area contributed by atoms with E-state index in [0.717, 1.165) is 6.33 Å². The standard InChI is InChI=1S/C21H25FN10O10P2S2/c1-6-12-14(11(33)20(39-12)32-5-28-10-17(32)29-21(24)30-18(10)34)42-43(35,45)37-2-7-13(41-44(36,46)40-6)8(22)19(38-7)31-4-27-9-15(23)25-3-26-16(9)31/h3-8,11-14,19-20,33H,2H2,1H3,(H,35,45)(H,36,46)(H2,23,25,26)(H3,24,29,30,34)/t6-,7?,8-,11-,12-,13-,14+,19-,20-,43?,44?/m1/s1. The van der Waals surface area contributed by atoms with Crippen molar-refractivity contribution in [2.75, 3.05) is 18.1 Å². The number of imidazole rings is 2. The van der Waals surface area contributed by atoms with Gasteiger partial charge in [0.15, 0.2) is 41.3 Å². The Hall–Kier alpha value is -2.66. The fourth-order valence-electron chi connectivity index (χ4n) is 5.57. The molecular weight excluding hydrogens is 697 g/mol. The fraction of sp³-hybridized carbons (Fsp3) is 0.524. The van der Waals surface area contributed by atoms with E-state index in [9.17, 15) is 19.4 Å². The summed E-state index contributed by atoms with van der Waals surface area (Å²) in [7, 11) is 0. The molecule has 20 nitrogen and oxygen atoms in total. The van der Waals surface area contributed by atoms with Gasteiger partial charge in [-0.15, -0.1) is 0 Å². The zero-order valence-corrected chi connectivity index (χ0v) is 26.7. The SMILES string of the molecule is C[C@H]1OP(=O)(S)O[C@@H]2C(COP(O)(=S)O[C@H]3[C@@H](O)[C@H](n4cnc5c(=O)[nH]c(N)nc54)O[C@@H]31)O[C@@H](n1cnc3c(N)ncnc31)[C@@H]2F. The highest BCUT2D eigenvalue weighted by atomic mass is 32.7. The Kier molecular flexibility index (Phi) is 7.98. The van der Waals surface area contributed by atoms with Crippen LogP contribution < -0.4 is 17.0 Å². The van der Waals surface area contributed by atoms with Gasteiger partial charge in [0.05, 0.1) is 25.4 Å². The number of aromatic amines is 1. The van der Waals surface area contributed by atoms with Gasteiger partial charge in [0.25, 0.3) is 5.56 Å². The van der Waals surface area contributed by atoms with E-state index in [-0.39, 0.29) is 34.1 Å². The number of halogens is 1. The Morgan fingerprint density at radius 3 is 2.52 bits per heavy atom. The van der Waals surface area contributed by atoms with E-state index in [0.29, 0.717) is 0 Å². The number of nitrogen functional groups attached to an aromatic ring is 2. The third-order valence-corrected chi connectivity index (χ3v) is 10.8. The summed E-state index contributed by atoms with van der Waals surface area (Å²) in [6.45, 7) is -7.90. The van der Waals surface area contributed by atoms with E-state index in [2.05, 4.69) is 42.2 Å². The maximum atomic E-state index is 16.1. The summed E-state index contributed by atoms with van der Waals surface area (Å²) in [5, 5.41) is 11.4. The first-order valence-corrected chi connectivity index (χ1v) is 18.7. The van der Waals surface area contributed by atoms with Crippen LogP contribution >= 0.6 is 25.8 Å². The molecule has 7 rings (SSSR count).